The predicted molar refractivity (Wildman–Crippen MR) is 96.1 cm³/mol. The number of unbranched alkanes of at least 4 members (excludes halogenated alkanes) is 1. The second kappa shape index (κ2) is 8.97. The number of carbonyl (C=O) groups excluding carboxylic acids is 2. The standard InChI is InChI=1S/C20H29FN2O2/c1-3-4-6-14-9-11-15(12-10-14)20(25)23(2)18(19(22)24)16-7-5-8-17(21)13-16/h5,7-8,13-15,18H,3-4,6,9-12H2,1-2H3,(H2,22,24). The summed E-state index contributed by atoms with van der Waals surface area (Å²) in [7, 11) is 1.59. The highest BCUT2D eigenvalue weighted by atomic mass is 19.1. The molecule has 1 atom stereocenters. The lowest BCUT2D eigenvalue weighted by molar-refractivity contribution is -0.142. The minimum absolute atomic E-state index is 0.0676. The molecule has 1 fully saturated rings. The summed E-state index contributed by atoms with van der Waals surface area (Å²) in [5.74, 6) is -0.510. The lowest BCUT2D eigenvalue weighted by Gasteiger charge is -2.33. The molecule has 1 aliphatic rings. The molecule has 0 radical (unpaired) electrons. The molecule has 0 aliphatic heterocycles. The number of benzene rings is 1. The Hall–Kier alpha value is -1.91. The number of amides is 2. The number of primary amides is 1. The third-order valence-corrected chi connectivity index (χ3v) is 5.33. The van der Waals surface area contributed by atoms with Gasteiger partial charge in [-0.1, -0.05) is 38.3 Å². The molecule has 138 valence electrons. The summed E-state index contributed by atoms with van der Waals surface area (Å²) in [5.41, 5.74) is 5.93. The third-order valence-electron chi connectivity index (χ3n) is 5.33. The molecule has 0 saturated heterocycles. The molecular formula is C20H29FN2O2. The Kier molecular flexibility index (Phi) is 6.97. The van der Waals surface area contributed by atoms with E-state index in [0.29, 0.717) is 11.5 Å². The average molecular weight is 348 g/mol. The highest BCUT2D eigenvalue weighted by Gasteiger charge is 2.33. The van der Waals surface area contributed by atoms with Crippen LogP contribution in [0.5, 0.6) is 0 Å². The maximum Gasteiger partial charge on any atom is 0.244 e. The van der Waals surface area contributed by atoms with Crippen molar-refractivity contribution in [1.82, 2.24) is 4.90 Å². The zero-order valence-corrected chi connectivity index (χ0v) is 15.2. The van der Waals surface area contributed by atoms with Crippen LogP contribution in [-0.4, -0.2) is 23.8 Å². The van der Waals surface area contributed by atoms with Crippen LogP contribution in [0.3, 0.4) is 0 Å². The average Bonchev–Trinajstić information content (AvgIpc) is 2.59. The summed E-state index contributed by atoms with van der Waals surface area (Å²) in [6.45, 7) is 2.19. The molecule has 1 aromatic carbocycles. The number of likely N-dealkylation sites (N-methyl/N-ethyl adjacent to an activating group) is 1. The summed E-state index contributed by atoms with van der Waals surface area (Å²) >= 11 is 0. The van der Waals surface area contributed by atoms with Crippen LogP contribution in [0.1, 0.15) is 63.5 Å². The van der Waals surface area contributed by atoms with E-state index in [9.17, 15) is 14.0 Å². The van der Waals surface area contributed by atoms with E-state index in [2.05, 4.69) is 6.92 Å². The maximum atomic E-state index is 13.5. The van der Waals surface area contributed by atoms with Crippen molar-refractivity contribution in [2.75, 3.05) is 7.05 Å². The van der Waals surface area contributed by atoms with E-state index >= 15 is 0 Å². The van der Waals surface area contributed by atoms with Gasteiger partial charge in [-0.15, -0.1) is 0 Å². The summed E-state index contributed by atoms with van der Waals surface area (Å²) in [6, 6.07) is 4.80. The van der Waals surface area contributed by atoms with Crippen LogP contribution in [0.2, 0.25) is 0 Å². The van der Waals surface area contributed by atoms with E-state index in [-0.39, 0.29) is 11.8 Å². The van der Waals surface area contributed by atoms with Gasteiger partial charge in [-0.2, -0.15) is 0 Å². The Morgan fingerprint density at radius 1 is 1.28 bits per heavy atom. The molecule has 2 rings (SSSR count). The fraction of sp³-hybridized carbons (Fsp3) is 0.600. The smallest absolute Gasteiger partial charge is 0.244 e. The highest BCUT2D eigenvalue weighted by Crippen LogP contribution is 2.34. The molecule has 1 unspecified atom stereocenters. The van der Waals surface area contributed by atoms with Gasteiger partial charge in [-0.25, -0.2) is 4.39 Å². The minimum atomic E-state index is -0.930. The predicted octanol–water partition coefficient (Wildman–Crippen LogP) is 3.81. The van der Waals surface area contributed by atoms with Crippen LogP contribution in [0, 0.1) is 17.7 Å². The van der Waals surface area contributed by atoms with Gasteiger partial charge in [0, 0.05) is 13.0 Å². The minimum Gasteiger partial charge on any atom is -0.368 e. The van der Waals surface area contributed by atoms with Gasteiger partial charge in [-0.3, -0.25) is 9.59 Å². The number of rotatable bonds is 7. The molecule has 25 heavy (non-hydrogen) atoms. The molecule has 1 saturated carbocycles. The first-order valence-electron chi connectivity index (χ1n) is 9.25. The maximum absolute atomic E-state index is 13.5. The second-order valence-electron chi connectivity index (χ2n) is 7.17. The van der Waals surface area contributed by atoms with Crippen LogP contribution in [0.15, 0.2) is 24.3 Å². The number of carbonyl (C=O) groups is 2. The first kappa shape index (κ1) is 19.4. The Labute approximate surface area is 149 Å². The van der Waals surface area contributed by atoms with Crippen LogP contribution in [0.25, 0.3) is 0 Å². The first-order chi connectivity index (χ1) is 11.9. The van der Waals surface area contributed by atoms with E-state index in [0.717, 1.165) is 25.7 Å². The molecule has 5 heteroatoms. The van der Waals surface area contributed by atoms with E-state index in [1.165, 1.54) is 42.4 Å². The summed E-state index contributed by atoms with van der Waals surface area (Å²) < 4.78 is 13.5. The number of nitrogens with two attached hydrogens (primary N) is 1. The van der Waals surface area contributed by atoms with Gasteiger partial charge in [0.25, 0.3) is 0 Å². The molecular weight excluding hydrogens is 319 g/mol. The van der Waals surface area contributed by atoms with Gasteiger partial charge in [-0.05, 0) is 49.3 Å². The number of halogens is 1. The third kappa shape index (κ3) is 5.03. The molecule has 0 bridgehead atoms. The Bertz CT molecular complexity index is 597. The molecule has 0 heterocycles. The first-order valence-corrected chi connectivity index (χ1v) is 9.25. The summed E-state index contributed by atoms with van der Waals surface area (Å²) in [5, 5.41) is 0. The van der Waals surface area contributed by atoms with Gasteiger partial charge in [0.2, 0.25) is 11.8 Å². The van der Waals surface area contributed by atoms with E-state index < -0.39 is 17.8 Å². The SMILES string of the molecule is CCCCC1CCC(C(=O)N(C)C(C(N)=O)c2cccc(F)c2)CC1. The second-order valence-corrected chi connectivity index (χ2v) is 7.17. The van der Waals surface area contributed by atoms with Gasteiger partial charge in [0.05, 0.1) is 0 Å². The van der Waals surface area contributed by atoms with Gasteiger partial charge in [0.1, 0.15) is 11.9 Å². The van der Waals surface area contributed by atoms with Crippen molar-refractivity contribution in [3.05, 3.63) is 35.6 Å². The topological polar surface area (TPSA) is 63.4 Å². The van der Waals surface area contributed by atoms with Gasteiger partial charge in [0.15, 0.2) is 0 Å². The number of hydrogen-bond acceptors (Lipinski definition) is 2. The molecule has 0 aromatic heterocycles. The van der Waals surface area contributed by atoms with Gasteiger partial charge < -0.3 is 10.6 Å². The fourth-order valence-electron chi connectivity index (χ4n) is 3.86. The molecule has 1 aromatic rings. The van der Waals surface area contributed by atoms with Crippen LogP contribution >= 0.6 is 0 Å². The van der Waals surface area contributed by atoms with E-state index in [1.54, 1.807) is 13.1 Å². The van der Waals surface area contributed by atoms with E-state index in [1.807, 2.05) is 0 Å². The van der Waals surface area contributed by atoms with Gasteiger partial charge >= 0.3 is 0 Å². The lowest BCUT2D eigenvalue weighted by atomic mass is 9.79. The zero-order valence-electron chi connectivity index (χ0n) is 15.2. The highest BCUT2D eigenvalue weighted by molar-refractivity contribution is 5.88. The van der Waals surface area contributed by atoms with Crippen LogP contribution in [-0.2, 0) is 9.59 Å². The van der Waals surface area contributed by atoms with Crippen LogP contribution < -0.4 is 5.73 Å². The number of nitrogens with zero attached hydrogens (tertiary/aromatic N) is 1. The zero-order chi connectivity index (χ0) is 18.4. The van der Waals surface area contributed by atoms with Crippen molar-refractivity contribution in [2.24, 2.45) is 17.6 Å². The van der Waals surface area contributed by atoms with Crippen molar-refractivity contribution >= 4 is 11.8 Å². The van der Waals surface area contributed by atoms with Crippen LogP contribution in [0.4, 0.5) is 4.39 Å². The van der Waals surface area contributed by atoms with Crippen molar-refractivity contribution in [3.8, 4) is 0 Å². The summed E-state index contributed by atoms with van der Waals surface area (Å²) in [4.78, 5) is 26.2. The normalized spacial score (nSPS) is 21.6. The molecule has 2 N–H and O–H groups in total. The largest absolute Gasteiger partial charge is 0.368 e. The fourth-order valence-corrected chi connectivity index (χ4v) is 3.86. The van der Waals surface area contributed by atoms with Crippen molar-refractivity contribution < 1.29 is 14.0 Å². The van der Waals surface area contributed by atoms with Crippen molar-refractivity contribution in [3.63, 3.8) is 0 Å². The summed E-state index contributed by atoms with van der Waals surface area (Å²) in [6.07, 6.45) is 7.51. The molecule has 0 spiro atoms. The molecule has 2 amide bonds. The Morgan fingerprint density at radius 3 is 2.52 bits per heavy atom. The number of hydrogen-bond donors (Lipinski definition) is 1. The monoisotopic (exact) mass is 348 g/mol. The van der Waals surface area contributed by atoms with Crippen molar-refractivity contribution in [2.45, 2.75) is 57.9 Å². The van der Waals surface area contributed by atoms with E-state index in [4.69, 9.17) is 5.73 Å². The quantitative estimate of drug-likeness (QED) is 0.814. The molecule has 1 aliphatic carbocycles. The molecule has 4 nitrogen and oxygen atoms in total. The Balaban J connectivity index is 2.03. The lowest BCUT2D eigenvalue weighted by Crippen LogP contribution is -2.42. The van der Waals surface area contributed by atoms with Crippen molar-refractivity contribution in [1.29, 1.82) is 0 Å². The Morgan fingerprint density at radius 2 is 1.96 bits per heavy atom.